The SMILES string of the molecule is Cc1cc(C)c(CCCC(=O)NC(C(=O)O)C(C)O)c(C)c1. The second-order valence-corrected chi connectivity index (χ2v) is 5.85. The second kappa shape index (κ2) is 7.94. The number of carbonyl (C=O) groups excluding carboxylic acids is 1. The third-order valence-corrected chi connectivity index (χ3v) is 3.74. The van der Waals surface area contributed by atoms with Crippen LogP contribution < -0.4 is 5.32 Å². The van der Waals surface area contributed by atoms with Gasteiger partial charge < -0.3 is 15.5 Å². The summed E-state index contributed by atoms with van der Waals surface area (Å²) in [5.41, 5.74) is 4.89. The van der Waals surface area contributed by atoms with Crippen LogP contribution in [0, 0.1) is 20.8 Å². The Balaban J connectivity index is 2.54. The van der Waals surface area contributed by atoms with Gasteiger partial charge in [0.25, 0.3) is 0 Å². The normalized spacial score (nSPS) is 13.5. The molecule has 0 aliphatic heterocycles. The van der Waals surface area contributed by atoms with E-state index in [9.17, 15) is 14.7 Å². The number of aryl methyl sites for hydroxylation is 3. The molecular formula is C17H25NO4. The lowest BCUT2D eigenvalue weighted by Gasteiger charge is -2.17. The van der Waals surface area contributed by atoms with E-state index < -0.39 is 18.1 Å². The molecule has 0 saturated heterocycles. The molecule has 1 amide bonds. The summed E-state index contributed by atoms with van der Waals surface area (Å²) >= 11 is 0. The highest BCUT2D eigenvalue weighted by Crippen LogP contribution is 2.18. The maximum Gasteiger partial charge on any atom is 0.328 e. The Morgan fingerprint density at radius 2 is 1.73 bits per heavy atom. The Kier molecular flexibility index (Phi) is 6.56. The number of carbonyl (C=O) groups is 2. The summed E-state index contributed by atoms with van der Waals surface area (Å²) in [6, 6.07) is 2.99. The number of aliphatic carboxylic acids is 1. The average molecular weight is 307 g/mol. The first-order valence-electron chi connectivity index (χ1n) is 7.49. The van der Waals surface area contributed by atoms with E-state index in [2.05, 4.69) is 38.2 Å². The minimum atomic E-state index is -1.25. The highest BCUT2D eigenvalue weighted by molar-refractivity contribution is 5.83. The first-order valence-corrected chi connectivity index (χ1v) is 7.49. The predicted molar refractivity (Wildman–Crippen MR) is 84.8 cm³/mol. The van der Waals surface area contributed by atoms with E-state index in [-0.39, 0.29) is 12.3 Å². The minimum Gasteiger partial charge on any atom is -0.480 e. The van der Waals surface area contributed by atoms with Crippen LogP contribution in [-0.4, -0.2) is 34.2 Å². The summed E-state index contributed by atoms with van der Waals surface area (Å²) in [5, 5.41) is 20.6. The number of aliphatic hydroxyl groups is 1. The first-order chi connectivity index (χ1) is 10.2. The van der Waals surface area contributed by atoms with Crippen LogP contribution >= 0.6 is 0 Å². The molecule has 0 aromatic heterocycles. The molecule has 3 N–H and O–H groups in total. The van der Waals surface area contributed by atoms with Gasteiger partial charge in [-0.2, -0.15) is 0 Å². The lowest BCUT2D eigenvalue weighted by Crippen LogP contribution is -2.47. The smallest absolute Gasteiger partial charge is 0.328 e. The lowest BCUT2D eigenvalue weighted by molar-refractivity contribution is -0.144. The van der Waals surface area contributed by atoms with E-state index >= 15 is 0 Å². The van der Waals surface area contributed by atoms with Crippen molar-refractivity contribution in [1.29, 1.82) is 0 Å². The summed E-state index contributed by atoms with van der Waals surface area (Å²) in [7, 11) is 0. The van der Waals surface area contributed by atoms with Crippen molar-refractivity contribution in [3.8, 4) is 0 Å². The van der Waals surface area contributed by atoms with Crippen molar-refractivity contribution >= 4 is 11.9 Å². The maximum atomic E-state index is 11.8. The zero-order valence-electron chi connectivity index (χ0n) is 13.6. The number of hydrogen-bond donors (Lipinski definition) is 3. The van der Waals surface area contributed by atoms with Gasteiger partial charge in [0.15, 0.2) is 6.04 Å². The number of benzene rings is 1. The van der Waals surface area contributed by atoms with Gasteiger partial charge in [0.1, 0.15) is 0 Å². The van der Waals surface area contributed by atoms with Crippen LogP contribution in [0.4, 0.5) is 0 Å². The fraction of sp³-hybridized carbons (Fsp3) is 0.529. The molecule has 5 heteroatoms. The summed E-state index contributed by atoms with van der Waals surface area (Å²) in [4.78, 5) is 22.7. The summed E-state index contributed by atoms with van der Waals surface area (Å²) in [6.07, 6.45) is 0.534. The van der Waals surface area contributed by atoms with Crippen molar-refractivity contribution in [3.05, 3.63) is 34.4 Å². The molecule has 0 radical (unpaired) electrons. The molecule has 122 valence electrons. The van der Waals surface area contributed by atoms with Crippen molar-refractivity contribution in [3.63, 3.8) is 0 Å². The van der Waals surface area contributed by atoms with Crippen molar-refractivity contribution in [2.24, 2.45) is 0 Å². The van der Waals surface area contributed by atoms with E-state index in [0.717, 1.165) is 6.42 Å². The number of nitrogens with one attached hydrogen (secondary N) is 1. The van der Waals surface area contributed by atoms with Crippen molar-refractivity contribution in [1.82, 2.24) is 5.32 Å². The van der Waals surface area contributed by atoms with Crippen LogP contribution in [0.25, 0.3) is 0 Å². The van der Waals surface area contributed by atoms with E-state index in [1.54, 1.807) is 0 Å². The average Bonchev–Trinajstić information content (AvgIpc) is 2.38. The topological polar surface area (TPSA) is 86.6 Å². The molecule has 2 atom stereocenters. The number of carboxylic acid groups (broad SMARTS) is 1. The van der Waals surface area contributed by atoms with Crippen molar-refractivity contribution in [2.45, 2.75) is 59.1 Å². The van der Waals surface area contributed by atoms with Gasteiger partial charge in [0.2, 0.25) is 5.91 Å². The van der Waals surface area contributed by atoms with Gasteiger partial charge in [-0.15, -0.1) is 0 Å². The molecule has 1 aromatic carbocycles. The second-order valence-electron chi connectivity index (χ2n) is 5.85. The van der Waals surface area contributed by atoms with Crippen LogP contribution in [0.5, 0.6) is 0 Å². The van der Waals surface area contributed by atoms with E-state index in [4.69, 9.17) is 5.11 Å². The van der Waals surface area contributed by atoms with E-state index in [1.807, 2.05) is 0 Å². The Morgan fingerprint density at radius 1 is 1.18 bits per heavy atom. The molecule has 1 aromatic rings. The van der Waals surface area contributed by atoms with Gasteiger partial charge in [-0.05, 0) is 57.2 Å². The standard InChI is InChI=1S/C17H25NO4/c1-10-8-11(2)14(12(3)9-10)6-5-7-15(20)18-16(13(4)19)17(21)22/h8-9,13,16,19H,5-7H2,1-4H3,(H,18,20)(H,21,22). The zero-order valence-corrected chi connectivity index (χ0v) is 13.6. The molecule has 0 heterocycles. The monoisotopic (exact) mass is 307 g/mol. The molecule has 0 spiro atoms. The quantitative estimate of drug-likeness (QED) is 0.718. The summed E-state index contributed by atoms with van der Waals surface area (Å²) < 4.78 is 0. The minimum absolute atomic E-state index is 0.239. The van der Waals surface area contributed by atoms with Gasteiger partial charge in [0.05, 0.1) is 6.10 Å². The van der Waals surface area contributed by atoms with Gasteiger partial charge in [-0.3, -0.25) is 4.79 Å². The Morgan fingerprint density at radius 3 is 2.18 bits per heavy atom. The van der Waals surface area contributed by atoms with Crippen LogP contribution in [0.1, 0.15) is 42.0 Å². The molecule has 22 heavy (non-hydrogen) atoms. The van der Waals surface area contributed by atoms with Gasteiger partial charge in [-0.1, -0.05) is 17.7 Å². The highest BCUT2D eigenvalue weighted by Gasteiger charge is 2.24. The van der Waals surface area contributed by atoms with Crippen LogP contribution in [0.3, 0.4) is 0 Å². The van der Waals surface area contributed by atoms with E-state index in [0.29, 0.717) is 6.42 Å². The fourth-order valence-corrected chi connectivity index (χ4v) is 2.66. The van der Waals surface area contributed by atoms with E-state index in [1.165, 1.54) is 29.2 Å². The van der Waals surface area contributed by atoms with Crippen LogP contribution in [0.2, 0.25) is 0 Å². The number of rotatable bonds is 7. The molecule has 2 unspecified atom stereocenters. The summed E-state index contributed by atoms with van der Waals surface area (Å²) in [5.74, 6) is -1.58. The highest BCUT2D eigenvalue weighted by atomic mass is 16.4. The molecule has 1 rings (SSSR count). The largest absolute Gasteiger partial charge is 0.480 e. The Hall–Kier alpha value is -1.88. The van der Waals surface area contributed by atoms with Gasteiger partial charge in [-0.25, -0.2) is 4.79 Å². The molecule has 0 fully saturated rings. The molecule has 0 saturated carbocycles. The third-order valence-electron chi connectivity index (χ3n) is 3.74. The summed E-state index contributed by atoms with van der Waals surface area (Å²) in [6.45, 7) is 7.52. The number of amides is 1. The number of carboxylic acids is 1. The van der Waals surface area contributed by atoms with Crippen molar-refractivity contribution < 1.29 is 19.8 Å². The molecule has 0 aliphatic rings. The third kappa shape index (κ3) is 5.15. The lowest BCUT2D eigenvalue weighted by atomic mass is 9.95. The van der Waals surface area contributed by atoms with Gasteiger partial charge >= 0.3 is 5.97 Å². The number of aliphatic hydroxyl groups excluding tert-OH is 1. The van der Waals surface area contributed by atoms with Crippen LogP contribution in [-0.2, 0) is 16.0 Å². The maximum absolute atomic E-state index is 11.8. The zero-order chi connectivity index (χ0) is 16.9. The first kappa shape index (κ1) is 18.2. The van der Waals surface area contributed by atoms with Crippen molar-refractivity contribution in [2.75, 3.05) is 0 Å². The van der Waals surface area contributed by atoms with Crippen LogP contribution in [0.15, 0.2) is 12.1 Å². The predicted octanol–water partition coefficient (Wildman–Crippen LogP) is 1.88. The Bertz CT molecular complexity index is 529. The Labute approximate surface area is 131 Å². The molecule has 5 nitrogen and oxygen atoms in total. The molecule has 0 aliphatic carbocycles. The van der Waals surface area contributed by atoms with Gasteiger partial charge in [0, 0.05) is 6.42 Å². The fourth-order valence-electron chi connectivity index (χ4n) is 2.66. The number of hydrogen-bond acceptors (Lipinski definition) is 3. The molecular weight excluding hydrogens is 282 g/mol. The molecule has 0 bridgehead atoms.